The molecule has 2 atom stereocenters. The van der Waals surface area contributed by atoms with E-state index in [-0.39, 0.29) is 0 Å². The number of hydrogen-bond donors (Lipinski definition) is 1. The number of aryl methyl sites for hydroxylation is 3. The molecule has 19 heavy (non-hydrogen) atoms. The molecule has 0 amide bonds. The zero-order chi connectivity index (χ0) is 14.0. The molecule has 0 bridgehead atoms. The van der Waals surface area contributed by atoms with Crippen LogP contribution in [0.25, 0.3) is 0 Å². The molecule has 2 unspecified atom stereocenters. The first kappa shape index (κ1) is 14.5. The second-order valence-electron chi connectivity index (χ2n) is 6.22. The average molecular weight is 260 g/mol. The Morgan fingerprint density at radius 2 is 1.89 bits per heavy atom. The zero-order valence-electron chi connectivity index (χ0n) is 13.1. The summed E-state index contributed by atoms with van der Waals surface area (Å²) in [6.07, 6.45) is 2.65. The van der Waals surface area contributed by atoms with Gasteiger partial charge in [-0.25, -0.2) is 0 Å². The smallest absolute Gasteiger partial charge is 0.0322 e. The monoisotopic (exact) mass is 260 g/mol. The van der Waals surface area contributed by atoms with E-state index in [1.165, 1.54) is 41.6 Å². The highest BCUT2D eigenvalue weighted by Gasteiger charge is 2.21. The van der Waals surface area contributed by atoms with Gasteiger partial charge in [0.05, 0.1) is 0 Å². The van der Waals surface area contributed by atoms with Gasteiger partial charge in [-0.15, -0.1) is 0 Å². The van der Waals surface area contributed by atoms with Crippen LogP contribution in [0, 0.1) is 20.8 Å². The third kappa shape index (κ3) is 3.37. The van der Waals surface area contributed by atoms with Crippen LogP contribution in [0.1, 0.15) is 48.1 Å². The Labute approximate surface area is 118 Å². The Morgan fingerprint density at radius 3 is 2.42 bits per heavy atom. The van der Waals surface area contributed by atoms with Crippen molar-refractivity contribution < 1.29 is 0 Å². The fourth-order valence-electron chi connectivity index (χ4n) is 3.49. The number of likely N-dealkylation sites (N-methyl/N-ethyl adjacent to an activating group) is 1. The molecule has 2 heteroatoms. The fourth-order valence-corrected chi connectivity index (χ4v) is 3.49. The zero-order valence-corrected chi connectivity index (χ0v) is 13.1. The molecule has 1 heterocycles. The van der Waals surface area contributed by atoms with Crippen LogP contribution in [0.5, 0.6) is 0 Å². The highest BCUT2D eigenvalue weighted by Crippen LogP contribution is 2.27. The van der Waals surface area contributed by atoms with Crippen molar-refractivity contribution in [1.29, 1.82) is 0 Å². The summed E-state index contributed by atoms with van der Waals surface area (Å²) in [5.41, 5.74) is 5.73. The Morgan fingerprint density at radius 1 is 1.26 bits per heavy atom. The summed E-state index contributed by atoms with van der Waals surface area (Å²) in [6, 6.07) is 5.78. The lowest BCUT2D eigenvalue weighted by molar-refractivity contribution is 0.237. The van der Waals surface area contributed by atoms with Gasteiger partial charge in [0.2, 0.25) is 0 Å². The Balaban J connectivity index is 2.11. The quantitative estimate of drug-likeness (QED) is 0.893. The summed E-state index contributed by atoms with van der Waals surface area (Å²) in [5.74, 6) is 0. The van der Waals surface area contributed by atoms with Gasteiger partial charge in [0.15, 0.2) is 0 Å². The summed E-state index contributed by atoms with van der Waals surface area (Å²) in [5, 5.41) is 3.59. The summed E-state index contributed by atoms with van der Waals surface area (Å²) >= 11 is 0. The molecular formula is C17H28N2. The van der Waals surface area contributed by atoms with Crippen LogP contribution in [-0.4, -0.2) is 31.1 Å². The summed E-state index contributed by atoms with van der Waals surface area (Å²) in [7, 11) is 2.25. The molecule has 1 saturated heterocycles. The van der Waals surface area contributed by atoms with E-state index in [9.17, 15) is 0 Å². The lowest BCUT2D eigenvalue weighted by Crippen LogP contribution is -2.37. The third-order valence-electron chi connectivity index (χ3n) is 4.49. The minimum Gasteiger partial charge on any atom is -0.313 e. The molecule has 1 aromatic rings. The Kier molecular flexibility index (Phi) is 4.64. The molecule has 0 aliphatic carbocycles. The van der Waals surface area contributed by atoms with E-state index in [4.69, 9.17) is 0 Å². The van der Waals surface area contributed by atoms with Gasteiger partial charge in [0.25, 0.3) is 0 Å². The standard InChI is InChI=1S/C17H28N2/c1-12-9-13(2)17(14(3)10-12)15(4)19(5)11-16-7-6-8-18-16/h9-10,15-16,18H,6-8,11H2,1-5H3. The van der Waals surface area contributed by atoms with Gasteiger partial charge in [-0.1, -0.05) is 17.7 Å². The summed E-state index contributed by atoms with van der Waals surface area (Å²) in [6.45, 7) is 11.3. The maximum atomic E-state index is 3.59. The second kappa shape index (κ2) is 6.06. The van der Waals surface area contributed by atoms with Gasteiger partial charge < -0.3 is 5.32 Å². The van der Waals surface area contributed by atoms with E-state index >= 15 is 0 Å². The van der Waals surface area contributed by atoms with Gasteiger partial charge >= 0.3 is 0 Å². The highest BCUT2D eigenvalue weighted by atomic mass is 15.2. The number of nitrogens with zero attached hydrogens (tertiary/aromatic N) is 1. The van der Waals surface area contributed by atoms with Crippen LogP contribution < -0.4 is 5.32 Å². The van der Waals surface area contributed by atoms with Gasteiger partial charge in [-0.3, -0.25) is 4.90 Å². The second-order valence-corrected chi connectivity index (χ2v) is 6.22. The van der Waals surface area contributed by atoms with Crippen molar-refractivity contribution in [2.45, 2.75) is 52.6 Å². The number of nitrogens with one attached hydrogen (secondary N) is 1. The van der Waals surface area contributed by atoms with E-state index in [1.807, 2.05) is 0 Å². The molecule has 1 N–H and O–H groups in total. The maximum Gasteiger partial charge on any atom is 0.0322 e. The topological polar surface area (TPSA) is 15.3 Å². The first-order chi connectivity index (χ1) is 8.99. The lowest BCUT2D eigenvalue weighted by atomic mass is 9.94. The molecule has 0 aromatic heterocycles. The molecule has 1 aromatic carbocycles. The summed E-state index contributed by atoms with van der Waals surface area (Å²) in [4.78, 5) is 2.49. The van der Waals surface area contributed by atoms with Crippen molar-refractivity contribution in [2.24, 2.45) is 0 Å². The van der Waals surface area contributed by atoms with E-state index in [2.05, 4.69) is 57.1 Å². The molecule has 2 rings (SSSR count). The SMILES string of the molecule is Cc1cc(C)c(C(C)N(C)CC2CCCN2)c(C)c1. The molecule has 0 saturated carbocycles. The van der Waals surface area contributed by atoms with E-state index in [0.29, 0.717) is 12.1 Å². The predicted molar refractivity (Wildman–Crippen MR) is 82.7 cm³/mol. The molecule has 0 radical (unpaired) electrons. The van der Waals surface area contributed by atoms with Crippen LogP contribution in [0.3, 0.4) is 0 Å². The van der Waals surface area contributed by atoms with Gasteiger partial charge in [0.1, 0.15) is 0 Å². The van der Waals surface area contributed by atoms with Crippen molar-refractivity contribution in [3.63, 3.8) is 0 Å². The minimum absolute atomic E-state index is 0.489. The maximum absolute atomic E-state index is 3.59. The first-order valence-electron chi connectivity index (χ1n) is 7.50. The van der Waals surface area contributed by atoms with Crippen LogP contribution >= 0.6 is 0 Å². The van der Waals surface area contributed by atoms with E-state index in [0.717, 1.165) is 6.54 Å². The van der Waals surface area contributed by atoms with E-state index in [1.54, 1.807) is 0 Å². The number of benzene rings is 1. The van der Waals surface area contributed by atoms with Crippen LogP contribution in [0.4, 0.5) is 0 Å². The molecule has 2 nitrogen and oxygen atoms in total. The first-order valence-corrected chi connectivity index (χ1v) is 7.50. The van der Waals surface area contributed by atoms with Gasteiger partial charge in [-0.05, 0) is 70.8 Å². The highest BCUT2D eigenvalue weighted by molar-refractivity contribution is 5.39. The summed E-state index contributed by atoms with van der Waals surface area (Å²) < 4.78 is 0. The normalized spacial score (nSPS) is 21.1. The largest absolute Gasteiger partial charge is 0.313 e. The molecule has 0 spiro atoms. The third-order valence-corrected chi connectivity index (χ3v) is 4.49. The van der Waals surface area contributed by atoms with Gasteiger partial charge in [0, 0.05) is 18.6 Å². The fraction of sp³-hybridized carbons (Fsp3) is 0.647. The number of rotatable bonds is 4. The molecule has 106 valence electrons. The van der Waals surface area contributed by atoms with Crippen LogP contribution in [0.2, 0.25) is 0 Å². The lowest BCUT2D eigenvalue weighted by Gasteiger charge is -2.30. The van der Waals surface area contributed by atoms with Crippen molar-refractivity contribution in [2.75, 3.05) is 20.1 Å². The van der Waals surface area contributed by atoms with E-state index < -0.39 is 0 Å². The molecule has 1 aliphatic heterocycles. The molecule has 1 fully saturated rings. The van der Waals surface area contributed by atoms with Crippen molar-refractivity contribution in [1.82, 2.24) is 10.2 Å². The van der Waals surface area contributed by atoms with Crippen LogP contribution in [-0.2, 0) is 0 Å². The Bertz CT molecular complexity index is 410. The molecule has 1 aliphatic rings. The van der Waals surface area contributed by atoms with Crippen molar-refractivity contribution in [3.8, 4) is 0 Å². The van der Waals surface area contributed by atoms with Crippen molar-refractivity contribution >= 4 is 0 Å². The van der Waals surface area contributed by atoms with Gasteiger partial charge in [-0.2, -0.15) is 0 Å². The minimum atomic E-state index is 0.489. The Hall–Kier alpha value is -0.860. The van der Waals surface area contributed by atoms with Crippen molar-refractivity contribution in [3.05, 3.63) is 34.4 Å². The molecular weight excluding hydrogens is 232 g/mol. The predicted octanol–water partition coefficient (Wildman–Crippen LogP) is 3.36. The number of hydrogen-bond acceptors (Lipinski definition) is 2. The van der Waals surface area contributed by atoms with Crippen LogP contribution in [0.15, 0.2) is 12.1 Å². The average Bonchev–Trinajstić information content (AvgIpc) is 2.80.